The molecule has 0 bridgehead atoms. The van der Waals surface area contributed by atoms with Crippen molar-refractivity contribution < 1.29 is 4.42 Å². The maximum atomic E-state index is 8.90. The molecule has 2 heterocycles. The molecule has 2 aromatic heterocycles. The molecule has 2 aromatic rings. The Morgan fingerprint density at radius 2 is 2.47 bits per heavy atom. The topological polar surface area (TPSA) is 74.7 Å². The second-order valence-electron chi connectivity index (χ2n) is 3.73. The van der Waals surface area contributed by atoms with E-state index in [4.69, 9.17) is 9.68 Å². The average molecular weight is 228 g/mol. The van der Waals surface area contributed by atoms with Gasteiger partial charge in [-0.15, -0.1) is 0 Å². The van der Waals surface area contributed by atoms with E-state index in [1.807, 2.05) is 25.1 Å². The summed E-state index contributed by atoms with van der Waals surface area (Å²) in [6, 6.07) is 5.95. The predicted octanol–water partition coefficient (Wildman–Crippen LogP) is 1.98. The minimum atomic E-state index is 0.128. The van der Waals surface area contributed by atoms with Gasteiger partial charge in [0.2, 0.25) is 0 Å². The van der Waals surface area contributed by atoms with Crippen LogP contribution in [0.3, 0.4) is 0 Å². The third-order valence-corrected chi connectivity index (χ3v) is 2.30. The Morgan fingerprint density at radius 3 is 3.18 bits per heavy atom. The van der Waals surface area contributed by atoms with Crippen molar-refractivity contribution in [3.8, 4) is 6.07 Å². The Balaban J connectivity index is 2.03. The van der Waals surface area contributed by atoms with Gasteiger partial charge in [0.05, 0.1) is 12.5 Å². The summed E-state index contributed by atoms with van der Waals surface area (Å²) < 4.78 is 5.26. The van der Waals surface area contributed by atoms with Crippen LogP contribution in [0.25, 0.3) is 0 Å². The Labute approximate surface area is 99.1 Å². The van der Waals surface area contributed by atoms with Crippen molar-refractivity contribution in [3.63, 3.8) is 0 Å². The summed E-state index contributed by atoms with van der Waals surface area (Å²) in [5, 5.41) is 12.1. The number of hydrogen-bond acceptors (Lipinski definition) is 5. The first kappa shape index (κ1) is 11.1. The van der Waals surface area contributed by atoms with Gasteiger partial charge in [0.15, 0.2) is 0 Å². The molecule has 0 fully saturated rings. The van der Waals surface area contributed by atoms with Gasteiger partial charge in [0, 0.05) is 12.5 Å². The summed E-state index contributed by atoms with van der Waals surface area (Å²) >= 11 is 0. The van der Waals surface area contributed by atoms with E-state index in [1.165, 1.54) is 12.5 Å². The first-order valence-electron chi connectivity index (χ1n) is 5.28. The van der Waals surface area contributed by atoms with Gasteiger partial charge in [0.25, 0.3) is 0 Å². The smallest absolute Gasteiger partial charge is 0.147 e. The normalized spacial score (nSPS) is 11.8. The fraction of sp³-hybridized carbons (Fsp3) is 0.250. The van der Waals surface area contributed by atoms with Crippen LogP contribution in [0.15, 0.2) is 35.3 Å². The van der Waals surface area contributed by atoms with E-state index in [0.717, 1.165) is 12.2 Å². The molecule has 0 aromatic carbocycles. The number of nitrogens with one attached hydrogen (secondary N) is 1. The lowest BCUT2D eigenvalue weighted by molar-refractivity contribution is 0.497. The van der Waals surface area contributed by atoms with Crippen molar-refractivity contribution in [2.24, 2.45) is 0 Å². The lowest BCUT2D eigenvalue weighted by Gasteiger charge is -2.13. The highest BCUT2D eigenvalue weighted by Crippen LogP contribution is 2.12. The number of anilines is 1. The van der Waals surface area contributed by atoms with Gasteiger partial charge in [0.1, 0.15) is 29.5 Å². The molecule has 5 nitrogen and oxygen atoms in total. The highest BCUT2D eigenvalue weighted by Gasteiger charge is 2.09. The highest BCUT2D eigenvalue weighted by molar-refractivity contribution is 5.50. The summed E-state index contributed by atoms with van der Waals surface area (Å²) in [6.45, 7) is 2.01. The van der Waals surface area contributed by atoms with E-state index in [0.29, 0.717) is 11.4 Å². The molecule has 0 aliphatic rings. The zero-order valence-corrected chi connectivity index (χ0v) is 9.42. The van der Waals surface area contributed by atoms with E-state index < -0.39 is 0 Å². The Hall–Kier alpha value is -2.35. The average Bonchev–Trinajstić information content (AvgIpc) is 2.82. The van der Waals surface area contributed by atoms with Crippen LogP contribution in [0.5, 0.6) is 0 Å². The standard InChI is InChI=1S/C12H12N4O/c1-9(5-11-3-2-4-17-11)16-12-10(6-13)7-14-8-15-12/h2-4,7-9H,5H2,1H3,(H,14,15,16). The summed E-state index contributed by atoms with van der Waals surface area (Å²) in [7, 11) is 0. The van der Waals surface area contributed by atoms with Crippen molar-refractivity contribution in [1.82, 2.24) is 9.97 Å². The van der Waals surface area contributed by atoms with Gasteiger partial charge in [-0.3, -0.25) is 0 Å². The third kappa shape index (κ3) is 2.82. The van der Waals surface area contributed by atoms with Crippen LogP contribution in [0.1, 0.15) is 18.2 Å². The Bertz CT molecular complexity index is 516. The van der Waals surface area contributed by atoms with E-state index in [2.05, 4.69) is 15.3 Å². The van der Waals surface area contributed by atoms with Crippen LogP contribution < -0.4 is 5.32 Å². The van der Waals surface area contributed by atoms with Gasteiger partial charge in [-0.05, 0) is 19.1 Å². The minimum Gasteiger partial charge on any atom is -0.469 e. The molecule has 0 spiro atoms. The lowest BCUT2D eigenvalue weighted by Crippen LogP contribution is -2.19. The van der Waals surface area contributed by atoms with Gasteiger partial charge < -0.3 is 9.73 Å². The molecule has 5 heteroatoms. The predicted molar refractivity (Wildman–Crippen MR) is 62.2 cm³/mol. The SMILES string of the molecule is CC(Cc1ccco1)Nc1ncncc1C#N. The van der Waals surface area contributed by atoms with Gasteiger partial charge in [-0.1, -0.05) is 0 Å². The second kappa shape index (κ2) is 5.12. The maximum Gasteiger partial charge on any atom is 0.147 e. The molecule has 17 heavy (non-hydrogen) atoms. The maximum absolute atomic E-state index is 8.90. The first-order chi connectivity index (χ1) is 8.29. The summed E-state index contributed by atoms with van der Waals surface area (Å²) in [6.07, 6.45) is 5.30. The fourth-order valence-corrected chi connectivity index (χ4v) is 1.54. The molecule has 0 radical (unpaired) electrons. The summed E-state index contributed by atoms with van der Waals surface area (Å²) in [4.78, 5) is 7.85. The Kier molecular flexibility index (Phi) is 3.36. The highest BCUT2D eigenvalue weighted by atomic mass is 16.3. The zero-order chi connectivity index (χ0) is 12.1. The van der Waals surface area contributed by atoms with E-state index >= 15 is 0 Å². The van der Waals surface area contributed by atoms with Gasteiger partial charge >= 0.3 is 0 Å². The van der Waals surface area contributed by atoms with Crippen LogP contribution >= 0.6 is 0 Å². The van der Waals surface area contributed by atoms with Crippen molar-refractivity contribution in [2.45, 2.75) is 19.4 Å². The number of rotatable bonds is 4. The fourth-order valence-electron chi connectivity index (χ4n) is 1.54. The van der Waals surface area contributed by atoms with E-state index in [9.17, 15) is 0 Å². The number of hydrogen-bond donors (Lipinski definition) is 1. The molecular weight excluding hydrogens is 216 g/mol. The molecule has 0 aliphatic carbocycles. The molecule has 2 rings (SSSR count). The van der Waals surface area contributed by atoms with E-state index in [1.54, 1.807) is 6.26 Å². The first-order valence-corrected chi connectivity index (χ1v) is 5.28. The van der Waals surface area contributed by atoms with Crippen molar-refractivity contribution in [2.75, 3.05) is 5.32 Å². The van der Waals surface area contributed by atoms with Crippen LogP contribution in [0.2, 0.25) is 0 Å². The number of furan rings is 1. The van der Waals surface area contributed by atoms with Gasteiger partial charge in [-0.25, -0.2) is 9.97 Å². The van der Waals surface area contributed by atoms with Crippen LogP contribution in [0.4, 0.5) is 5.82 Å². The number of nitriles is 1. The third-order valence-electron chi connectivity index (χ3n) is 2.30. The molecule has 0 amide bonds. The largest absolute Gasteiger partial charge is 0.469 e. The van der Waals surface area contributed by atoms with Crippen LogP contribution in [-0.2, 0) is 6.42 Å². The lowest BCUT2D eigenvalue weighted by atomic mass is 10.2. The number of aromatic nitrogens is 2. The molecule has 86 valence electrons. The molecule has 0 aliphatic heterocycles. The summed E-state index contributed by atoms with van der Waals surface area (Å²) in [5.74, 6) is 1.46. The van der Waals surface area contributed by atoms with Crippen LogP contribution in [0, 0.1) is 11.3 Å². The summed E-state index contributed by atoms with van der Waals surface area (Å²) in [5.41, 5.74) is 0.443. The minimum absolute atomic E-state index is 0.128. The monoisotopic (exact) mass is 228 g/mol. The molecule has 0 saturated carbocycles. The number of nitrogens with zero attached hydrogens (tertiary/aromatic N) is 3. The van der Waals surface area contributed by atoms with Crippen molar-refractivity contribution in [3.05, 3.63) is 42.2 Å². The molecular formula is C12H12N4O. The molecule has 0 saturated heterocycles. The van der Waals surface area contributed by atoms with Crippen molar-refractivity contribution >= 4 is 5.82 Å². The molecule has 1 N–H and O–H groups in total. The second-order valence-corrected chi connectivity index (χ2v) is 3.73. The van der Waals surface area contributed by atoms with Gasteiger partial charge in [-0.2, -0.15) is 5.26 Å². The van der Waals surface area contributed by atoms with E-state index in [-0.39, 0.29) is 6.04 Å². The molecule has 1 unspecified atom stereocenters. The quantitative estimate of drug-likeness (QED) is 0.866. The molecule has 1 atom stereocenters. The van der Waals surface area contributed by atoms with Crippen molar-refractivity contribution in [1.29, 1.82) is 5.26 Å². The Morgan fingerprint density at radius 1 is 1.59 bits per heavy atom. The zero-order valence-electron chi connectivity index (χ0n) is 9.42. The van der Waals surface area contributed by atoms with Crippen LogP contribution in [-0.4, -0.2) is 16.0 Å².